The van der Waals surface area contributed by atoms with Crippen LogP contribution in [0.2, 0.25) is 0 Å². The average Bonchev–Trinajstić information content (AvgIpc) is 2.80. The Hall–Kier alpha value is -2.59. The monoisotopic (exact) mass is 436 g/mol. The van der Waals surface area contributed by atoms with Crippen molar-refractivity contribution in [2.24, 2.45) is 38.9 Å². The van der Waals surface area contributed by atoms with E-state index in [0.717, 1.165) is 36.5 Å². The number of hydrogen-bond donors (Lipinski definition) is 3. The summed E-state index contributed by atoms with van der Waals surface area (Å²) in [6, 6.07) is 10.7. The largest absolute Gasteiger partial charge is 0.494 e. The molecule has 1 aromatic rings. The Morgan fingerprint density at radius 1 is 1.38 bits per heavy atom. The third kappa shape index (κ3) is 5.07. The fraction of sp³-hybridized carbons (Fsp3) is 0.640. The number of fused-ring (bicyclic) bond motifs is 2. The van der Waals surface area contributed by atoms with E-state index >= 15 is 0 Å². The standard InChI is InChI=1S/C25H36N6O/c1-3-32-22-7-5-4-6-18(22)14-28-24-29-15-20(13-26)23(31-24)30-16-25-9-8-21(27)19(12-25)10-17(2)11-25/h4-7,17,19-21H,3,8-12,14-16,27H2,1-2H3,(H2,28,29,30,31)/t17?,19-,20?,21+,25-/m0/s1. The summed E-state index contributed by atoms with van der Waals surface area (Å²) in [6.07, 6.45) is 5.83. The van der Waals surface area contributed by atoms with E-state index in [4.69, 9.17) is 15.5 Å². The highest BCUT2D eigenvalue weighted by Crippen LogP contribution is 2.50. The summed E-state index contributed by atoms with van der Waals surface area (Å²) in [5.41, 5.74) is 7.69. The quantitative estimate of drug-likeness (QED) is 0.635. The summed E-state index contributed by atoms with van der Waals surface area (Å²) in [5, 5.41) is 16.3. The molecule has 7 heteroatoms. The third-order valence-corrected chi connectivity index (χ3v) is 7.26. The van der Waals surface area contributed by atoms with Crippen LogP contribution in [0.15, 0.2) is 34.3 Å². The molecule has 3 aliphatic rings. The number of nitrogens with zero attached hydrogens (tertiary/aromatic N) is 3. The molecular weight excluding hydrogens is 400 g/mol. The fourth-order valence-electron chi connectivity index (χ4n) is 5.76. The number of nitriles is 1. The molecule has 0 radical (unpaired) electrons. The summed E-state index contributed by atoms with van der Waals surface area (Å²) in [6.45, 7) is 6.74. The molecule has 2 unspecified atom stereocenters. The molecule has 0 spiro atoms. The SMILES string of the molecule is CCOc1ccccc1CNC1=NCC(C#N)C(=NC[C@@]23CC[C@@H](N)[C@@H](CC(C)C2)C3)N1. The molecule has 2 aliphatic carbocycles. The molecule has 2 bridgehead atoms. The first-order valence-corrected chi connectivity index (χ1v) is 12.0. The predicted octanol–water partition coefficient (Wildman–Crippen LogP) is 3.22. The van der Waals surface area contributed by atoms with E-state index < -0.39 is 0 Å². The van der Waals surface area contributed by atoms with E-state index in [1.54, 1.807) is 0 Å². The minimum atomic E-state index is -0.324. The van der Waals surface area contributed by atoms with Crippen LogP contribution in [0, 0.1) is 34.5 Å². The van der Waals surface area contributed by atoms with Gasteiger partial charge in [-0.1, -0.05) is 25.1 Å². The van der Waals surface area contributed by atoms with Gasteiger partial charge in [-0.2, -0.15) is 5.26 Å². The van der Waals surface area contributed by atoms with E-state index in [-0.39, 0.29) is 11.3 Å². The maximum Gasteiger partial charge on any atom is 0.197 e. The van der Waals surface area contributed by atoms with Crippen LogP contribution in [-0.4, -0.2) is 37.5 Å². The van der Waals surface area contributed by atoms with Gasteiger partial charge in [-0.15, -0.1) is 0 Å². The Balaban J connectivity index is 1.42. The molecule has 4 N–H and O–H groups in total. The topological polar surface area (TPSA) is 108 Å². The van der Waals surface area contributed by atoms with Crippen molar-refractivity contribution < 1.29 is 4.74 Å². The van der Waals surface area contributed by atoms with Crippen molar-refractivity contribution in [1.29, 1.82) is 5.26 Å². The number of amidine groups is 1. The molecule has 5 atom stereocenters. The number of hydrogen-bond acceptors (Lipinski definition) is 6. The smallest absolute Gasteiger partial charge is 0.197 e. The zero-order chi connectivity index (χ0) is 22.6. The van der Waals surface area contributed by atoms with Crippen molar-refractivity contribution in [3.05, 3.63) is 29.8 Å². The first-order valence-electron chi connectivity index (χ1n) is 12.0. The Morgan fingerprint density at radius 3 is 3.03 bits per heavy atom. The van der Waals surface area contributed by atoms with Gasteiger partial charge in [0.2, 0.25) is 0 Å². The minimum absolute atomic E-state index is 0.228. The van der Waals surface area contributed by atoms with Gasteiger partial charge in [-0.05, 0) is 62.3 Å². The van der Waals surface area contributed by atoms with E-state index in [9.17, 15) is 5.26 Å². The van der Waals surface area contributed by atoms with Gasteiger partial charge in [0.15, 0.2) is 5.96 Å². The van der Waals surface area contributed by atoms with Crippen LogP contribution >= 0.6 is 0 Å². The molecular formula is C25H36N6O. The lowest BCUT2D eigenvalue weighted by atomic mass is 9.58. The Morgan fingerprint density at radius 2 is 2.22 bits per heavy atom. The molecule has 1 heterocycles. The van der Waals surface area contributed by atoms with E-state index in [0.29, 0.717) is 43.5 Å². The molecule has 0 amide bonds. The molecule has 2 saturated carbocycles. The average molecular weight is 437 g/mol. The molecule has 32 heavy (non-hydrogen) atoms. The summed E-state index contributed by atoms with van der Waals surface area (Å²) in [5.74, 6) is 3.26. The van der Waals surface area contributed by atoms with Crippen LogP contribution in [0.25, 0.3) is 0 Å². The Labute approximate surface area is 191 Å². The van der Waals surface area contributed by atoms with Crippen LogP contribution in [-0.2, 0) is 6.54 Å². The van der Waals surface area contributed by atoms with Crippen molar-refractivity contribution in [3.8, 4) is 11.8 Å². The van der Waals surface area contributed by atoms with Gasteiger partial charge in [0, 0.05) is 24.7 Å². The summed E-state index contributed by atoms with van der Waals surface area (Å²) < 4.78 is 5.72. The van der Waals surface area contributed by atoms with Crippen molar-refractivity contribution in [3.63, 3.8) is 0 Å². The maximum absolute atomic E-state index is 9.65. The van der Waals surface area contributed by atoms with Crippen LogP contribution in [0.3, 0.4) is 0 Å². The third-order valence-electron chi connectivity index (χ3n) is 7.26. The van der Waals surface area contributed by atoms with Crippen molar-refractivity contribution >= 4 is 11.8 Å². The van der Waals surface area contributed by atoms with E-state index in [2.05, 4.69) is 28.6 Å². The van der Waals surface area contributed by atoms with Crippen LogP contribution in [0.5, 0.6) is 5.75 Å². The van der Waals surface area contributed by atoms with Crippen molar-refractivity contribution in [2.45, 2.75) is 58.5 Å². The van der Waals surface area contributed by atoms with Crippen LogP contribution in [0.4, 0.5) is 0 Å². The second-order valence-corrected chi connectivity index (χ2v) is 9.80. The fourth-order valence-corrected chi connectivity index (χ4v) is 5.76. The van der Waals surface area contributed by atoms with E-state index in [1.165, 1.54) is 19.3 Å². The molecule has 1 aromatic carbocycles. The highest BCUT2D eigenvalue weighted by atomic mass is 16.5. The highest BCUT2D eigenvalue weighted by Gasteiger charge is 2.44. The van der Waals surface area contributed by atoms with Gasteiger partial charge in [0.1, 0.15) is 17.5 Å². The highest BCUT2D eigenvalue weighted by molar-refractivity contribution is 6.03. The normalized spacial score (nSPS) is 33.1. The van der Waals surface area contributed by atoms with Crippen LogP contribution in [0.1, 0.15) is 51.5 Å². The number of rotatable bonds is 6. The molecule has 4 rings (SSSR count). The lowest BCUT2D eigenvalue weighted by Gasteiger charge is -2.49. The second-order valence-electron chi connectivity index (χ2n) is 9.80. The number of guanidine groups is 1. The van der Waals surface area contributed by atoms with Crippen LogP contribution < -0.4 is 21.1 Å². The molecule has 0 saturated heterocycles. The molecule has 0 aromatic heterocycles. The van der Waals surface area contributed by atoms with Crippen molar-refractivity contribution in [1.82, 2.24) is 10.6 Å². The minimum Gasteiger partial charge on any atom is -0.494 e. The Bertz CT molecular complexity index is 906. The summed E-state index contributed by atoms with van der Waals surface area (Å²) in [7, 11) is 0. The molecule has 7 nitrogen and oxygen atoms in total. The number of benzene rings is 1. The number of nitrogens with one attached hydrogen (secondary N) is 2. The van der Waals surface area contributed by atoms with Gasteiger partial charge in [0.25, 0.3) is 0 Å². The van der Waals surface area contributed by atoms with Gasteiger partial charge >= 0.3 is 0 Å². The molecule has 1 aliphatic heterocycles. The number of ether oxygens (including phenoxy) is 1. The molecule has 2 fully saturated rings. The number of aliphatic imine (C=N–C) groups is 2. The summed E-state index contributed by atoms with van der Waals surface area (Å²) >= 11 is 0. The molecule has 172 valence electrons. The van der Waals surface area contributed by atoms with E-state index in [1.807, 2.05) is 31.2 Å². The zero-order valence-corrected chi connectivity index (χ0v) is 19.3. The predicted molar refractivity (Wildman–Crippen MR) is 127 cm³/mol. The van der Waals surface area contributed by atoms with Crippen molar-refractivity contribution in [2.75, 3.05) is 19.7 Å². The van der Waals surface area contributed by atoms with Gasteiger partial charge in [-0.25, -0.2) is 0 Å². The first kappa shape index (κ1) is 22.6. The second kappa shape index (κ2) is 9.91. The summed E-state index contributed by atoms with van der Waals surface area (Å²) in [4.78, 5) is 9.51. The number of para-hydroxylation sites is 1. The first-order chi connectivity index (χ1) is 15.5. The number of nitrogens with two attached hydrogens (primary N) is 1. The van der Waals surface area contributed by atoms with Gasteiger partial charge in [0.05, 0.1) is 19.2 Å². The van der Waals surface area contributed by atoms with Gasteiger partial charge < -0.3 is 21.1 Å². The lowest BCUT2D eigenvalue weighted by molar-refractivity contribution is 0.0400. The van der Waals surface area contributed by atoms with Gasteiger partial charge in [-0.3, -0.25) is 9.98 Å². The zero-order valence-electron chi connectivity index (χ0n) is 19.3. The maximum atomic E-state index is 9.65. The Kier molecular flexibility index (Phi) is 7.00. The lowest BCUT2D eigenvalue weighted by Crippen LogP contribution is -2.49.